The molecular formula is C31H41NO. The molecule has 0 aromatic heterocycles. The van der Waals surface area contributed by atoms with Gasteiger partial charge in [0.05, 0.1) is 11.5 Å². The van der Waals surface area contributed by atoms with Crippen LogP contribution in [0.5, 0.6) is 0 Å². The van der Waals surface area contributed by atoms with E-state index in [4.69, 9.17) is 0 Å². The summed E-state index contributed by atoms with van der Waals surface area (Å²) in [4.78, 5) is 2.18. The minimum atomic E-state index is -0.403. The van der Waals surface area contributed by atoms with Gasteiger partial charge in [0.25, 0.3) is 0 Å². The van der Waals surface area contributed by atoms with E-state index in [1.165, 1.54) is 49.8 Å². The molecule has 0 bridgehead atoms. The third kappa shape index (κ3) is 3.34. The molecule has 4 aliphatic rings. The molecule has 1 aromatic rings. The van der Waals surface area contributed by atoms with E-state index in [-0.39, 0.29) is 10.8 Å². The van der Waals surface area contributed by atoms with Crippen LogP contribution in [0, 0.1) is 34.5 Å². The lowest BCUT2D eigenvalue weighted by molar-refractivity contribution is -0.0427. The fraction of sp³-hybridized carbons (Fsp3) is 0.613. The SMILES string of the molecule is CC#C[C@]1([C@H](C)O)CC[C@H]2[C@@H]3CCC4=CCCCC4=C3[C@@H](c3ccc(N(C)C)cc3)C[C@@]21C. The first kappa shape index (κ1) is 22.8. The standard InChI is InChI=1S/C31H41NO/c1-6-18-31(21(2)33)19-17-28-26-16-13-22-9-7-8-10-25(22)29(26)27(20-30(28,31)3)23-11-14-24(15-12-23)32(4)5/h9,11-12,14-15,21,26-28,33H,7-8,10,13,16-17,19-20H2,1-5H3/t21-,26-,27+,28-,30-,31+/m0/s1. The van der Waals surface area contributed by atoms with Crippen LogP contribution in [0.15, 0.2) is 47.1 Å². The summed E-state index contributed by atoms with van der Waals surface area (Å²) in [5.74, 6) is 8.54. The van der Waals surface area contributed by atoms with Crippen LogP contribution in [0.1, 0.15) is 83.6 Å². The number of aliphatic hydroxyl groups is 1. The van der Waals surface area contributed by atoms with E-state index in [2.05, 4.69) is 68.1 Å². The number of hydrogen-bond acceptors (Lipinski definition) is 2. The fourth-order valence-corrected chi connectivity index (χ4v) is 8.35. The van der Waals surface area contributed by atoms with Crippen molar-refractivity contribution in [2.45, 2.75) is 84.2 Å². The Balaban J connectivity index is 1.68. The number of benzene rings is 1. The molecule has 2 heteroatoms. The average Bonchev–Trinajstić information content (AvgIpc) is 3.11. The highest BCUT2D eigenvalue weighted by Crippen LogP contribution is 2.70. The van der Waals surface area contributed by atoms with Gasteiger partial charge in [0.15, 0.2) is 0 Å². The summed E-state index contributed by atoms with van der Waals surface area (Å²) in [7, 11) is 4.22. The molecule has 6 atom stereocenters. The molecule has 2 fully saturated rings. The maximum atomic E-state index is 11.1. The second kappa shape index (κ2) is 8.35. The number of anilines is 1. The number of aliphatic hydroxyl groups excluding tert-OH is 1. The Bertz CT molecular complexity index is 1030. The third-order valence-corrected chi connectivity index (χ3v) is 9.93. The van der Waals surface area contributed by atoms with Gasteiger partial charge in [-0.2, -0.15) is 0 Å². The molecule has 0 aliphatic heterocycles. The zero-order valence-electron chi connectivity index (χ0n) is 21.2. The van der Waals surface area contributed by atoms with Gasteiger partial charge in [0, 0.05) is 25.7 Å². The quantitative estimate of drug-likeness (QED) is 0.516. The topological polar surface area (TPSA) is 23.5 Å². The molecule has 1 N–H and O–H groups in total. The Morgan fingerprint density at radius 3 is 2.55 bits per heavy atom. The Morgan fingerprint density at radius 2 is 1.88 bits per heavy atom. The maximum Gasteiger partial charge on any atom is 0.0683 e. The van der Waals surface area contributed by atoms with Gasteiger partial charge >= 0.3 is 0 Å². The normalized spacial score (nSPS) is 36.1. The van der Waals surface area contributed by atoms with Crippen molar-refractivity contribution in [2.24, 2.45) is 22.7 Å². The van der Waals surface area contributed by atoms with Crippen molar-refractivity contribution < 1.29 is 5.11 Å². The molecule has 5 rings (SSSR count). The van der Waals surface area contributed by atoms with Crippen LogP contribution >= 0.6 is 0 Å². The van der Waals surface area contributed by atoms with Crippen LogP contribution in [-0.2, 0) is 0 Å². The molecule has 0 amide bonds. The minimum Gasteiger partial charge on any atom is -0.392 e. The molecule has 1 aromatic carbocycles. The van der Waals surface area contributed by atoms with Gasteiger partial charge in [0.1, 0.15) is 0 Å². The summed E-state index contributed by atoms with van der Waals surface area (Å²) in [5.41, 5.74) is 7.56. The van der Waals surface area contributed by atoms with Gasteiger partial charge in [-0.3, -0.25) is 0 Å². The van der Waals surface area contributed by atoms with E-state index in [0.717, 1.165) is 12.8 Å². The highest BCUT2D eigenvalue weighted by atomic mass is 16.3. The summed E-state index contributed by atoms with van der Waals surface area (Å²) in [6.45, 7) is 6.43. The number of hydrogen-bond donors (Lipinski definition) is 1. The van der Waals surface area contributed by atoms with Crippen molar-refractivity contribution in [3.63, 3.8) is 0 Å². The van der Waals surface area contributed by atoms with Crippen molar-refractivity contribution in [3.8, 4) is 11.8 Å². The van der Waals surface area contributed by atoms with E-state index in [0.29, 0.717) is 17.8 Å². The number of rotatable bonds is 3. The van der Waals surface area contributed by atoms with E-state index < -0.39 is 6.10 Å². The van der Waals surface area contributed by atoms with Crippen LogP contribution in [0.3, 0.4) is 0 Å². The Hall–Kier alpha value is -1.98. The largest absolute Gasteiger partial charge is 0.392 e. The molecule has 176 valence electrons. The lowest BCUT2D eigenvalue weighted by Gasteiger charge is -2.56. The summed E-state index contributed by atoms with van der Waals surface area (Å²) in [5, 5.41) is 11.1. The van der Waals surface area contributed by atoms with Crippen LogP contribution < -0.4 is 4.90 Å². The first-order chi connectivity index (χ1) is 15.8. The van der Waals surface area contributed by atoms with Crippen LogP contribution in [0.4, 0.5) is 5.69 Å². The molecule has 0 spiro atoms. The summed E-state index contributed by atoms with van der Waals surface area (Å²) in [6, 6.07) is 9.32. The highest BCUT2D eigenvalue weighted by Gasteiger charge is 2.64. The van der Waals surface area contributed by atoms with Crippen molar-refractivity contribution in [3.05, 3.63) is 52.6 Å². The number of fused-ring (bicyclic) bond motifs is 4. The van der Waals surface area contributed by atoms with Crippen LogP contribution in [-0.4, -0.2) is 25.3 Å². The van der Waals surface area contributed by atoms with Gasteiger partial charge in [-0.15, -0.1) is 5.92 Å². The highest BCUT2D eigenvalue weighted by molar-refractivity contribution is 5.52. The van der Waals surface area contributed by atoms with Gasteiger partial charge in [-0.25, -0.2) is 0 Å². The van der Waals surface area contributed by atoms with Crippen LogP contribution in [0.2, 0.25) is 0 Å². The molecular weight excluding hydrogens is 402 g/mol. The van der Waals surface area contributed by atoms with Gasteiger partial charge in [-0.05, 0) is 111 Å². The number of nitrogens with zero attached hydrogens (tertiary/aromatic N) is 1. The van der Waals surface area contributed by atoms with Crippen molar-refractivity contribution in [1.82, 2.24) is 0 Å². The molecule has 4 aliphatic carbocycles. The molecule has 2 saturated carbocycles. The van der Waals surface area contributed by atoms with E-state index >= 15 is 0 Å². The predicted molar refractivity (Wildman–Crippen MR) is 138 cm³/mol. The number of allylic oxidation sites excluding steroid dienone is 4. The second-order valence-electron chi connectivity index (χ2n) is 11.5. The molecule has 0 saturated heterocycles. The zero-order valence-corrected chi connectivity index (χ0v) is 21.2. The van der Waals surface area contributed by atoms with Crippen molar-refractivity contribution >= 4 is 5.69 Å². The van der Waals surface area contributed by atoms with Gasteiger partial charge in [-0.1, -0.05) is 36.6 Å². The molecule has 0 radical (unpaired) electrons. The van der Waals surface area contributed by atoms with E-state index in [9.17, 15) is 5.11 Å². The maximum absolute atomic E-state index is 11.1. The Kier molecular flexibility index (Phi) is 5.77. The van der Waals surface area contributed by atoms with Crippen molar-refractivity contribution in [2.75, 3.05) is 19.0 Å². The summed E-state index contributed by atoms with van der Waals surface area (Å²) >= 11 is 0. The van der Waals surface area contributed by atoms with Crippen LogP contribution in [0.25, 0.3) is 0 Å². The lowest BCUT2D eigenvalue weighted by atomic mass is 9.48. The van der Waals surface area contributed by atoms with Gasteiger partial charge < -0.3 is 10.0 Å². The average molecular weight is 444 g/mol. The first-order valence-electron chi connectivity index (χ1n) is 13.1. The van der Waals surface area contributed by atoms with Gasteiger partial charge in [0.2, 0.25) is 0 Å². The lowest BCUT2D eigenvalue weighted by Crippen LogP contribution is -2.51. The Labute approximate surface area is 201 Å². The molecule has 2 nitrogen and oxygen atoms in total. The monoisotopic (exact) mass is 443 g/mol. The predicted octanol–water partition coefficient (Wildman–Crippen LogP) is 6.86. The minimum absolute atomic E-state index is 0.0275. The molecule has 0 unspecified atom stereocenters. The first-order valence-corrected chi connectivity index (χ1v) is 13.1. The summed E-state index contributed by atoms with van der Waals surface area (Å²) in [6.07, 6.45) is 11.8. The summed E-state index contributed by atoms with van der Waals surface area (Å²) < 4.78 is 0. The molecule has 33 heavy (non-hydrogen) atoms. The third-order valence-electron chi connectivity index (χ3n) is 9.93. The zero-order chi connectivity index (χ0) is 23.4. The smallest absolute Gasteiger partial charge is 0.0683 e. The van der Waals surface area contributed by atoms with E-state index in [1.807, 2.05) is 13.8 Å². The second-order valence-corrected chi connectivity index (χ2v) is 11.5. The fourth-order valence-electron chi connectivity index (χ4n) is 8.35. The Morgan fingerprint density at radius 1 is 1.12 bits per heavy atom. The molecule has 0 heterocycles. The van der Waals surface area contributed by atoms with Crippen molar-refractivity contribution in [1.29, 1.82) is 0 Å². The van der Waals surface area contributed by atoms with E-state index in [1.54, 1.807) is 16.7 Å².